The Labute approximate surface area is 323 Å². The summed E-state index contributed by atoms with van der Waals surface area (Å²) < 4.78 is 6.36. The van der Waals surface area contributed by atoms with Crippen molar-refractivity contribution in [3.8, 4) is 11.8 Å². The number of carbonyl (C=O) groups excluding carboxylic acids is 5. The molecule has 1 aliphatic carbocycles. The van der Waals surface area contributed by atoms with E-state index in [4.69, 9.17) is 16.3 Å². The summed E-state index contributed by atoms with van der Waals surface area (Å²) >= 11 is 6.24. The average Bonchev–Trinajstić information content (AvgIpc) is 3.69. The predicted octanol–water partition coefficient (Wildman–Crippen LogP) is 4.60. The zero-order chi connectivity index (χ0) is 39.0. The Hall–Kier alpha value is -5.32. The van der Waals surface area contributed by atoms with E-state index in [9.17, 15) is 29.2 Å². The summed E-state index contributed by atoms with van der Waals surface area (Å²) in [4.78, 5) is 74.5. The molecule has 5 aliphatic rings. The van der Waals surface area contributed by atoms with Gasteiger partial charge in [-0.1, -0.05) is 39.3 Å². The smallest absolute Gasteiger partial charge is 0.262 e. The lowest BCUT2D eigenvalue weighted by molar-refractivity contribution is -0.164. The van der Waals surface area contributed by atoms with Gasteiger partial charge in [-0.3, -0.25) is 39.1 Å². The van der Waals surface area contributed by atoms with Crippen molar-refractivity contribution in [3.05, 3.63) is 87.1 Å². The number of piperidine rings is 2. The van der Waals surface area contributed by atoms with E-state index < -0.39 is 29.7 Å². The van der Waals surface area contributed by atoms with Crippen LogP contribution in [0.3, 0.4) is 0 Å². The van der Waals surface area contributed by atoms with Crippen molar-refractivity contribution in [1.82, 2.24) is 25.4 Å². The molecule has 3 fully saturated rings. The van der Waals surface area contributed by atoms with Crippen molar-refractivity contribution in [2.75, 3.05) is 18.0 Å². The topological polar surface area (TPSA) is 165 Å². The van der Waals surface area contributed by atoms with Crippen LogP contribution in [-0.4, -0.2) is 81.6 Å². The van der Waals surface area contributed by atoms with Crippen molar-refractivity contribution in [2.24, 2.45) is 10.8 Å². The zero-order valence-electron chi connectivity index (χ0n) is 31.1. The van der Waals surface area contributed by atoms with Gasteiger partial charge in [0.15, 0.2) is 0 Å². The summed E-state index contributed by atoms with van der Waals surface area (Å²) in [5.74, 6) is -0.787. The van der Waals surface area contributed by atoms with E-state index in [0.717, 1.165) is 47.8 Å². The molecule has 1 saturated carbocycles. The molecule has 4 aliphatic heterocycles. The first-order chi connectivity index (χ1) is 26.2. The molecule has 2 N–H and O–H groups in total. The highest BCUT2D eigenvalue weighted by Crippen LogP contribution is 2.55. The first kappa shape index (κ1) is 36.6. The van der Waals surface area contributed by atoms with E-state index in [-0.39, 0.29) is 41.7 Å². The number of aromatic nitrogens is 1. The number of amides is 5. The number of ether oxygens (including phenoxy) is 1. The lowest BCUT2D eigenvalue weighted by Crippen LogP contribution is -2.74. The van der Waals surface area contributed by atoms with Crippen molar-refractivity contribution < 1.29 is 28.7 Å². The van der Waals surface area contributed by atoms with Gasteiger partial charge < -0.3 is 15.0 Å². The van der Waals surface area contributed by atoms with E-state index in [1.165, 1.54) is 0 Å². The summed E-state index contributed by atoms with van der Waals surface area (Å²) in [6, 6.07) is 13.6. The molecule has 13 nitrogen and oxygen atoms in total. The molecule has 1 atom stereocenters. The molecule has 5 heterocycles. The summed E-state index contributed by atoms with van der Waals surface area (Å²) in [7, 11) is 0. The van der Waals surface area contributed by atoms with E-state index in [1.807, 2.05) is 12.1 Å². The monoisotopic (exact) mass is 763 g/mol. The van der Waals surface area contributed by atoms with Gasteiger partial charge in [0.2, 0.25) is 11.8 Å². The number of imide groups is 2. The Morgan fingerprint density at radius 3 is 2.16 bits per heavy atom. The number of nitrogens with one attached hydrogen (secondary N) is 2. The molecule has 55 heavy (non-hydrogen) atoms. The second kappa shape index (κ2) is 13.5. The molecule has 0 bridgehead atoms. The van der Waals surface area contributed by atoms with Gasteiger partial charge in [0.25, 0.3) is 17.7 Å². The molecule has 1 aromatic heterocycles. The quantitative estimate of drug-likeness (QED) is 0.325. The third-order valence-corrected chi connectivity index (χ3v) is 12.6. The molecule has 8 rings (SSSR count). The van der Waals surface area contributed by atoms with Gasteiger partial charge in [-0.2, -0.15) is 5.26 Å². The number of halogens is 1. The number of nitrogens with zero attached hydrogens (tertiary/aromatic N) is 5. The van der Waals surface area contributed by atoms with Crippen LogP contribution in [0, 0.1) is 22.2 Å². The van der Waals surface area contributed by atoms with E-state index >= 15 is 0 Å². The zero-order valence-corrected chi connectivity index (χ0v) is 31.9. The standard InChI is InChI=1S/C41H42ClN7O6/c1-40(2)38(41(3,4)39(40)55-27-7-5-22(18-43)30(42)17-27)46-34(51)23-6-9-32(44-19-23)47-13-11-26(12-14-47)48-20-24-15-28-29(16-25(24)21-48)37(54)49(36(28)53)31-8-10-33(50)45-35(31)52/h5-7,9,15-17,19,26,31,38-39H,8,10-14,20-21H2,1-4H3,(H,46,51)(H,45,50,52)/t31?,38-,39-. The maximum Gasteiger partial charge on any atom is 0.262 e. The molecular formula is C41H42ClN7O6. The van der Waals surface area contributed by atoms with Gasteiger partial charge in [-0.15, -0.1) is 0 Å². The van der Waals surface area contributed by atoms with E-state index in [0.29, 0.717) is 52.2 Å². The van der Waals surface area contributed by atoms with Gasteiger partial charge >= 0.3 is 0 Å². The van der Waals surface area contributed by atoms with Crippen LogP contribution in [0.4, 0.5) is 5.82 Å². The lowest BCUT2D eigenvalue weighted by Gasteiger charge is -2.63. The minimum atomic E-state index is -0.978. The number of benzene rings is 2. The third-order valence-electron chi connectivity index (χ3n) is 12.3. The highest BCUT2D eigenvalue weighted by Gasteiger charge is 2.64. The number of fused-ring (bicyclic) bond motifs is 2. The molecule has 0 spiro atoms. The van der Waals surface area contributed by atoms with Gasteiger partial charge in [-0.05, 0) is 66.8 Å². The van der Waals surface area contributed by atoms with Crippen LogP contribution >= 0.6 is 11.6 Å². The maximum absolute atomic E-state index is 13.5. The highest BCUT2D eigenvalue weighted by atomic mass is 35.5. The van der Waals surface area contributed by atoms with Crippen molar-refractivity contribution in [1.29, 1.82) is 5.26 Å². The fraction of sp³-hybridized carbons (Fsp3) is 0.439. The number of hydrogen-bond acceptors (Lipinski definition) is 10. The van der Waals surface area contributed by atoms with Crippen molar-refractivity contribution in [3.63, 3.8) is 0 Å². The van der Waals surface area contributed by atoms with Crippen LogP contribution in [0.1, 0.15) is 101 Å². The highest BCUT2D eigenvalue weighted by molar-refractivity contribution is 6.31. The molecule has 1 unspecified atom stereocenters. The van der Waals surface area contributed by atoms with Crippen LogP contribution in [0.5, 0.6) is 5.75 Å². The average molecular weight is 764 g/mol. The number of hydrogen-bond donors (Lipinski definition) is 2. The molecule has 2 aromatic carbocycles. The molecule has 284 valence electrons. The second-order valence-corrected chi connectivity index (χ2v) is 16.8. The van der Waals surface area contributed by atoms with Crippen LogP contribution < -0.4 is 20.3 Å². The number of nitriles is 1. The van der Waals surface area contributed by atoms with Crippen molar-refractivity contribution >= 4 is 47.0 Å². The van der Waals surface area contributed by atoms with Gasteiger partial charge in [0.1, 0.15) is 29.8 Å². The summed E-state index contributed by atoms with van der Waals surface area (Å²) in [5.41, 5.74) is 2.74. The minimum Gasteiger partial charge on any atom is -0.489 e. The largest absolute Gasteiger partial charge is 0.489 e. The molecular weight excluding hydrogens is 722 g/mol. The van der Waals surface area contributed by atoms with Crippen LogP contribution in [0.15, 0.2) is 48.7 Å². The minimum absolute atomic E-state index is 0.0859. The number of anilines is 1. The Balaban J connectivity index is 0.846. The molecule has 3 aromatic rings. The third kappa shape index (κ3) is 6.21. The lowest BCUT2D eigenvalue weighted by atomic mass is 9.49. The van der Waals surface area contributed by atoms with E-state index in [1.54, 1.807) is 36.5 Å². The van der Waals surface area contributed by atoms with Gasteiger partial charge in [0.05, 0.1) is 27.3 Å². The van der Waals surface area contributed by atoms with Crippen LogP contribution in [0.25, 0.3) is 0 Å². The Bertz CT molecular complexity index is 2130. The SMILES string of the molecule is CC1(C)[C@H](NC(=O)c2ccc(N3CCC(N4Cc5cc6c(cc5C4)C(=O)N(C4CCC(=O)NC4=O)C6=O)CC3)nc2)C(C)(C)[C@H]1Oc1ccc(C#N)c(Cl)c1. The number of carbonyl (C=O) groups is 5. The number of pyridine rings is 1. The van der Waals surface area contributed by atoms with Gasteiger partial charge in [-0.25, -0.2) is 4.98 Å². The second-order valence-electron chi connectivity index (χ2n) is 16.4. The predicted molar refractivity (Wildman–Crippen MR) is 201 cm³/mol. The molecule has 2 saturated heterocycles. The molecule has 14 heteroatoms. The van der Waals surface area contributed by atoms with Crippen LogP contribution in [0.2, 0.25) is 5.02 Å². The Kier molecular flexibility index (Phi) is 8.97. The first-order valence-electron chi connectivity index (χ1n) is 18.7. The normalized spacial score (nSPS) is 24.5. The summed E-state index contributed by atoms with van der Waals surface area (Å²) in [6.07, 6.45) is 3.45. The molecule has 0 radical (unpaired) electrons. The van der Waals surface area contributed by atoms with Crippen LogP contribution in [-0.2, 0) is 22.7 Å². The van der Waals surface area contributed by atoms with Gasteiger partial charge in [0, 0.05) is 67.8 Å². The van der Waals surface area contributed by atoms with Crippen molar-refractivity contribution in [2.45, 2.75) is 90.7 Å². The Morgan fingerprint density at radius 1 is 0.945 bits per heavy atom. The maximum atomic E-state index is 13.5. The molecule has 5 amide bonds. The number of rotatable bonds is 7. The summed E-state index contributed by atoms with van der Waals surface area (Å²) in [6.45, 7) is 11.2. The first-order valence-corrected chi connectivity index (χ1v) is 19.0. The van der Waals surface area contributed by atoms with E-state index in [2.05, 4.69) is 59.2 Å². The summed E-state index contributed by atoms with van der Waals surface area (Å²) in [5, 5.41) is 15.0. The fourth-order valence-electron chi connectivity index (χ4n) is 9.63. The fourth-order valence-corrected chi connectivity index (χ4v) is 9.84. The Morgan fingerprint density at radius 2 is 1.60 bits per heavy atom.